The summed E-state index contributed by atoms with van der Waals surface area (Å²) in [6.45, 7) is 4.03. The minimum atomic E-state index is -3.29. The molecule has 0 saturated heterocycles. The minimum Gasteiger partial charge on any atom is -0.423 e. The van der Waals surface area contributed by atoms with Crippen molar-refractivity contribution in [3.05, 3.63) is 64.7 Å². The van der Waals surface area contributed by atoms with Crippen molar-refractivity contribution in [1.82, 2.24) is 0 Å². The highest BCUT2D eigenvalue weighted by Gasteiger charge is 2.27. The highest BCUT2D eigenvalue weighted by atomic mass is 35.5. The maximum absolute atomic E-state index is 12.9. The van der Waals surface area contributed by atoms with Gasteiger partial charge in [0.15, 0.2) is 0 Å². The van der Waals surface area contributed by atoms with Crippen LogP contribution < -0.4 is 4.52 Å². The lowest BCUT2D eigenvalue weighted by Crippen LogP contribution is -2.02. The van der Waals surface area contributed by atoms with E-state index in [0.717, 1.165) is 11.1 Å². The predicted molar refractivity (Wildman–Crippen MR) is 86.2 cm³/mol. The Hall–Kier alpha value is -1.28. The number of aryl methyl sites for hydroxylation is 1. The quantitative estimate of drug-likeness (QED) is 0.662. The molecule has 0 aliphatic heterocycles. The van der Waals surface area contributed by atoms with Gasteiger partial charge in [0, 0.05) is 0 Å². The zero-order valence-corrected chi connectivity index (χ0v) is 13.7. The highest BCUT2D eigenvalue weighted by Crippen LogP contribution is 2.52. The first-order valence-electron chi connectivity index (χ1n) is 6.76. The molecule has 1 unspecified atom stereocenters. The van der Waals surface area contributed by atoms with Crippen molar-refractivity contribution in [2.24, 2.45) is 0 Å². The molecule has 1 atom stereocenters. The van der Waals surface area contributed by atoms with Crippen molar-refractivity contribution < 1.29 is 13.6 Å². The molecular weight excluding hydrogens is 307 g/mol. The van der Waals surface area contributed by atoms with Crippen molar-refractivity contribution >= 4 is 19.2 Å². The van der Waals surface area contributed by atoms with Crippen molar-refractivity contribution in [3.8, 4) is 5.75 Å². The lowest BCUT2D eigenvalue weighted by molar-refractivity contribution is 0.278. The smallest absolute Gasteiger partial charge is 0.383 e. The summed E-state index contributed by atoms with van der Waals surface area (Å²) < 4.78 is 23.9. The summed E-state index contributed by atoms with van der Waals surface area (Å²) in [6, 6.07) is 14.8. The highest BCUT2D eigenvalue weighted by molar-refractivity contribution is 7.53. The summed E-state index contributed by atoms with van der Waals surface area (Å²) in [5.74, 6) is 0.384. The van der Waals surface area contributed by atoms with Crippen LogP contribution in [0.3, 0.4) is 0 Å². The van der Waals surface area contributed by atoms with Crippen LogP contribution in [0.1, 0.15) is 18.1 Å². The van der Waals surface area contributed by atoms with E-state index >= 15 is 0 Å². The number of hydrogen-bond donors (Lipinski definition) is 0. The molecule has 0 bridgehead atoms. The third-order valence-corrected chi connectivity index (χ3v) is 5.04. The van der Waals surface area contributed by atoms with E-state index in [2.05, 4.69) is 0 Å². The van der Waals surface area contributed by atoms with Crippen molar-refractivity contribution in [1.29, 1.82) is 0 Å². The second-order valence-electron chi connectivity index (χ2n) is 4.70. The molecule has 112 valence electrons. The molecule has 0 heterocycles. The molecule has 2 aromatic carbocycles. The van der Waals surface area contributed by atoms with Gasteiger partial charge in [0.1, 0.15) is 5.75 Å². The molecule has 2 aromatic rings. The first-order valence-corrected chi connectivity index (χ1v) is 8.86. The Morgan fingerprint density at radius 2 is 1.86 bits per heavy atom. The third kappa shape index (κ3) is 4.60. The Morgan fingerprint density at radius 3 is 2.48 bits per heavy atom. The van der Waals surface area contributed by atoms with Gasteiger partial charge in [0.25, 0.3) is 0 Å². The van der Waals surface area contributed by atoms with Crippen LogP contribution in [0, 0.1) is 6.92 Å². The van der Waals surface area contributed by atoms with E-state index in [4.69, 9.17) is 20.6 Å². The molecule has 0 saturated carbocycles. The first kappa shape index (κ1) is 16.1. The molecule has 5 heteroatoms. The lowest BCUT2D eigenvalue weighted by Gasteiger charge is -2.19. The van der Waals surface area contributed by atoms with Gasteiger partial charge in [-0.05, 0) is 37.1 Å². The molecule has 0 aliphatic carbocycles. The Labute approximate surface area is 130 Å². The molecular formula is C16H18ClO3P. The topological polar surface area (TPSA) is 35.5 Å². The molecule has 0 aliphatic rings. The van der Waals surface area contributed by atoms with Crippen LogP contribution >= 0.6 is 19.2 Å². The molecule has 3 nitrogen and oxygen atoms in total. The number of rotatable bonds is 6. The first-order chi connectivity index (χ1) is 10.0. The average molecular weight is 325 g/mol. The molecule has 0 radical (unpaired) electrons. The van der Waals surface area contributed by atoms with Crippen molar-refractivity contribution in [3.63, 3.8) is 0 Å². The van der Waals surface area contributed by atoms with Gasteiger partial charge in [-0.1, -0.05) is 48.0 Å². The fourth-order valence-corrected chi connectivity index (χ4v) is 3.98. The predicted octanol–water partition coefficient (Wildman–Crippen LogP) is 5.46. The van der Waals surface area contributed by atoms with Crippen LogP contribution in [0.4, 0.5) is 0 Å². The largest absolute Gasteiger partial charge is 0.423 e. The average Bonchev–Trinajstić information content (AvgIpc) is 2.43. The van der Waals surface area contributed by atoms with Gasteiger partial charge in [-0.2, -0.15) is 0 Å². The zero-order valence-electron chi connectivity index (χ0n) is 12.1. The maximum Gasteiger partial charge on any atom is 0.383 e. The van der Waals surface area contributed by atoms with Gasteiger partial charge in [0.05, 0.1) is 17.8 Å². The zero-order chi connectivity index (χ0) is 15.3. The monoisotopic (exact) mass is 324 g/mol. The van der Waals surface area contributed by atoms with E-state index in [1.54, 1.807) is 19.1 Å². The molecule has 0 fully saturated rings. The summed E-state index contributed by atoms with van der Waals surface area (Å²) in [5.41, 5.74) is 1.92. The molecule has 0 N–H and O–H groups in total. The number of halogens is 1. The normalized spacial score (nSPS) is 13.7. The van der Waals surface area contributed by atoms with Crippen LogP contribution in [-0.4, -0.2) is 6.61 Å². The fraction of sp³-hybridized carbons (Fsp3) is 0.250. The van der Waals surface area contributed by atoms with Gasteiger partial charge in [0.2, 0.25) is 0 Å². The number of hydrogen-bond acceptors (Lipinski definition) is 3. The van der Waals surface area contributed by atoms with Crippen LogP contribution in [0.2, 0.25) is 5.02 Å². The Morgan fingerprint density at radius 1 is 1.14 bits per heavy atom. The molecule has 0 aromatic heterocycles. The van der Waals surface area contributed by atoms with Gasteiger partial charge >= 0.3 is 7.60 Å². The summed E-state index contributed by atoms with van der Waals surface area (Å²) >= 11 is 6.14. The molecule has 21 heavy (non-hydrogen) atoms. The Balaban J connectivity index is 2.23. The Bertz CT molecular complexity index is 643. The third-order valence-electron chi connectivity index (χ3n) is 2.87. The fourth-order valence-electron chi connectivity index (χ4n) is 1.94. The van der Waals surface area contributed by atoms with E-state index < -0.39 is 7.60 Å². The lowest BCUT2D eigenvalue weighted by atomic mass is 10.2. The van der Waals surface area contributed by atoms with Gasteiger partial charge in [-0.25, -0.2) is 4.57 Å². The minimum absolute atomic E-state index is 0.214. The maximum atomic E-state index is 12.9. The standard InChI is InChI=1S/C16H18ClO3P/c1-3-19-21(18,12-14-7-5-4-6-8-14)20-16-10-9-13(2)11-15(16)17/h4-11H,3,12H2,1-2H3. The summed E-state index contributed by atoms with van der Waals surface area (Å²) in [5, 5.41) is 0.433. The summed E-state index contributed by atoms with van der Waals surface area (Å²) in [7, 11) is -3.29. The molecule has 2 rings (SSSR count). The van der Waals surface area contributed by atoms with Crippen molar-refractivity contribution in [2.75, 3.05) is 6.61 Å². The van der Waals surface area contributed by atoms with Gasteiger partial charge < -0.3 is 4.52 Å². The summed E-state index contributed by atoms with van der Waals surface area (Å²) in [4.78, 5) is 0. The van der Waals surface area contributed by atoms with Gasteiger partial charge in [-0.3, -0.25) is 4.52 Å². The van der Waals surface area contributed by atoms with Crippen molar-refractivity contribution in [2.45, 2.75) is 20.0 Å². The SMILES string of the molecule is CCOP(=O)(Cc1ccccc1)Oc1ccc(C)cc1Cl. The van der Waals surface area contributed by atoms with Crippen LogP contribution in [-0.2, 0) is 15.3 Å². The summed E-state index contributed by atoms with van der Waals surface area (Å²) in [6.07, 6.45) is 0.214. The van der Waals surface area contributed by atoms with Gasteiger partial charge in [-0.15, -0.1) is 0 Å². The number of benzene rings is 2. The second-order valence-corrected chi connectivity index (χ2v) is 7.08. The van der Waals surface area contributed by atoms with Crippen LogP contribution in [0.25, 0.3) is 0 Å². The Kier molecular flexibility index (Phi) is 5.46. The van der Waals surface area contributed by atoms with Crippen LogP contribution in [0.5, 0.6) is 5.75 Å². The molecule has 0 amide bonds. The van der Waals surface area contributed by atoms with E-state index in [-0.39, 0.29) is 6.16 Å². The van der Waals surface area contributed by atoms with E-state index in [9.17, 15) is 4.57 Å². The second kappa shape index (κ2) is 7.13. The van der Waals surface area contributed by atoms with Crippen LogP contribution in [0.15, 0.2) is 48.5 Å². The molecule has 0 spiro atoms. The van der Waals surface area contributed by atoms with E-state index in [1.165, 1.54) is 0 Å². The van der Waals surface area contributed by atoms with E-state index in [0.29, 0.717) is 17.4 Å². The van der Waals surface area contributed by atoms with E-state index in [1.807, 2.05) is 43.3 Å².